The van der Waals surface area contributed by atoms with E-state index in [0.29, 0.717) is 17.0 Å². The van der Waals surface area contributed by atoms with Gasteiger partial charge in [0.1, 0.15) is 10.6 Å². The van der Waals surface area contributed by atoms with Gasteiger partial charge in [-0.1, -0.05) is 18.2 Å². The molecule has 180 valence electrons. The van der Waals surface area contributed by atoms with Crippen LogP contribution in [0, 0.1) is 13.8 Å². The van der Waals surface area contributed by atoms with Gasteiger partial charge < -0.3 is 10.1 Å². The number of amides is 1. The lowest BCUT2D eigenvalue weighted by Crippen LogP contribution is -2.17. The van der Waals surface area contributed by atoms with Crippen LogP contribution in [0.2, 0.25) is 0 Å². The first kappa shape index (κ1) is 23.9. The Morgan fingerprint density at radius 1 is 1.03 bits per heavy atom. The summed E-state index contributed by atoms with van der Waals surface area (Å²) in [5.74, 6) is 0.188. The van der Waals surface area contributed by atoms with Crippen molar-refractivity contribution in [3.05, 3.63) is 77.6 Å². The zero-order chi connectivity index (χ0) is 25.2. The Hall–Kier alpha value is -4.25. The van der Waals surface area contributed by atoms with Gasteiger partial charge in [0.05, 0.1) is 11.9 Å². The summed E-state index contributed by atoms with van der Waals surface area (Å²) in [6, 6.07) is 14.0. The van der Waals surface area contributed by atoms with Crippen molar-refractivity contribution in [3.8, 4) is 22.9 Å². The number of carbonyl (C=O) groups is 1. The Balaban J connectivity index is 1.75. The minimum absolute atomic E-state index is 0.0201. The summed E-state index contributed by atoms with van der Waals surface area (Å²) in [4.78, 5) is 20.5. The number of nitrogens with zero attached hydrogens (tertiary/aromatic N) is 4. The number of anilines is 1. The molecule has 0 saturated heterocycles. The highest BCUT2D eigenvalue weighted by Crippen LogP contribution is 2.31. The number of carbonyl (C=O) groups excluding carboxylic acids is 1. The highest BCUT2D eigenvalue weighted by atomic mass is 32.2. The molecular formula is C24H24N6O4S. The molecule has 0 spiro atoms. The van der Waals surface area contributed by atoms with E-state index in [1.165, 1.54) is 17.1 Å². The lowest BCUT2D eigenvalue weighted by Gasteiger charge is -2.13. The number of ether oxygens (including phenoxy) is 1. The van der Waals surface area contributed by atoms with Gasteiger partial charge in [0.15, 0.2) is 0 Å². The molecule has 2 aromatic carbocycles. The molecular weight excluding hydrogens is 468 g/mol. The van der Waals surface area contributed by atoms with Gasteiger partial charge in [-0.05, 0) is 49.2 Å². The number of benzene rings is 2. The molecule has 0 aliphatic carbocycles. The predicted octanol–water partition coefficient (Wildman–Crippen LogP) is 3.45. The molecule has 0 bridgehead atoms. The summed E-state index contributed by atoms with van der Waals surface area (Å²) in [6.45, 7) is 3.89. The van der Waals surface area contributed by atoms with E-state index >= 15 is 0 Å². The molecule has 35 heavy (non-hydrogen) atoms. The molecule has 2 N–H and O–H groups in total. The maximum atomic E-state index is 12.9. The molecule has 0 aliphatic rings. The van der Waals surface area contributed by atoms with E-state index in [1.807, 2.05) is 32.0 Å². The lowest BCUT2D eigenvalue weighted by molar-refractivity contribution is 0.0963. The fraction of sp³-hybridized carbons (Fsp3) is 0.167. The van der Waals surface area contributed by atoms with Crippen molar-refractivity contribution in [2.75, 3.05) is 11.8 Å². The Kier molecular flexibility index (Phi) is 6.52. The van der Waals surface area contributed by atoms with Gasteiger partial charge in [-0.25, -0.2) is 18.1 Å². The maximum absolute atomic E-state index is 12.9. The van der Waals surface area contributed by atoms with Crippen molar-refractivity contribution in [1.82, 2.24) is 25.1 Å². The van der Waals surface area contributed by atoms with Crippen LogP contribution in [0.3, 0.4) is 0 Å². The second-order valence-corrected chi connectivity index (χ2v) is 9.53. The van der Waals surface area contributed by atoms with Crippen molar-refractivity contribution in [2.24, 2.45) is 7.05 Å². The summed E-state index contributed by atoms with van der Waals surface area (Å²) in [6.07, 6.45) is 2.62. The first-order valence-corrected chi connectivity index (χ1v) is 12.1. The lowest BCUT2D eigenvalue weighted by atomic mass is 10.00. The normalized spacial score (nSPS) is 11.2. The van der Waals surface area contributed by atoms with Crippen molar-refractivity contribution in [3.63, 3.8) is 0 Å². The fourth-order valence-electron chi connectivity index (χ4n) is 3.53. The first-order chi connectivity index (χ1) is 16.7. The smallest absolute Gasteiger partial charge is 0.267 e. The largest absolute Gasteiger partial charge is 0.439 e. The van der Waals surface area contributed by atoms with Gasteiger partial charge in [-0.15, -0.1) is 0 Å². The van der Waals surface area contributed by atoms with Crippen LogP contribution in [-0.2, 0) is 17.1 Å². The van der Waals surface area contributed by atoms with E-state index in [9.17, 15) is 13.2 Å². The highest BCUT2D eigenvalue weighted by molar-refractivity contribution is 7.92. The summed E-state index contributed by atoms with van der Waals surface area (Å²) < 4.78 is 35.5. The topological polar surface area (TPSA) is 128 Å². The molecule has 2 aromatic heterocycles. The van der Waals surface area contributed by atoms with Gasteiger partial charge in [-0.2, -0.15) is 10.1 Å². The van der Waals surface area contributed by atoms with Crippen LogP contribution in [0.1, 0.15) is 21.5 Å². The molecule has 0 unspecified atom stereocenters. The van der Waals surface area contributed by atoms with E-state index in [-0.39, 0.29) is 22.6 Å². The predicted molar refractivity (Wildman–Crippen MR) is 131 cm³/mol. The van der Waals surface area contributed by atoms with E-state index < -0.39 is 10.0 Å². The zero-order valence-electron chi connectivity index (χ0n) is 19.6. The fourth-order valence-corrected chi connectivity index (χ4v) is 4.45. The Morgan fingerprint density at radius 2 is 1.71 bits per heavy atom. The van der Waals surface area contributed by atoms with Crippen LogP contribution >= 0.6 is 0 Å². The summed E-state index contributed by atoms with van der Waals surface area (Å²) in [7, 11) is -0.802. The molecule has 2 heterocycles. The van der Waals surface area contributed by atoms with Crippen LogP contribution in [0.5, 0.6) is 11.6 Å². The molecule has 4 aromatic rings. The number of aryl methyl sites for hydroxylation is 3. The number of nitrogens with one attached hydrogen (secondary N) is 2. The molecule has 4 rings (SSSR count). The van der Waals surface area contributed by atoms with Crippen molar-refractivity contribution in [2.45, 2.75) is 18.7 Å². The van der Waals surface area contributed by atoms with E-state index in [1.54, 1.807) is 44.4 Å². The zero-order valence-corrected chi connectivity index (χ0v) is 20.4. The van der Waals surface area contributed by atoms with Crippen LogP contribution in [0.4, 0.5) is 5.95 Å². The van der Waals surface area contributed by atoms with Crippen molar-refractivity contribution >= 4 is 21.9 Å². The number of hydrogen-bond acceptors (Lipinski definition) is 7. The number of aromatic nitrogens is 4. The minimum atomic E-state index is -3.98. The van der Waals surface area contributed by atoms with E-state index in [4.69, 9.17) is 4.74 Å². The average Bonchev–Trinajstić information content (AvgIpc) is 3.26. The van der Waals surface area contributed by atoms with Crippen LogP contribution in [0.25, 0.3) is 11.3 Å². The molecule has 0 fully saturated rings. The third-order valence-corrected chi connectivity index (χ3v) is 6.51. The second-order valence-electron chi connectivity index (χ2n) is 7.84. The van der Waals surface area contributed by atoms with Gasteiger partial charge >= 0.3 is 0 Å². The molecule has 10 nitrogen and oxygen atoms in total. The number of sulfonamides is 1. The Morgan fingerprint density at radius 3 is 2.31 bits per heavy atom. The van der Waals surface area contributed by atoms with Gasteiger partial charge in [0, 0.05) is 37.5 Å². The minimum Gasteiger partial charge on any atom is -0.439 e. The van der Waals surface area contributed by atoms with E-state index in [2.05, 4.69) is 25.1 Å². The standard InChI is InChI=1S/C24H24N6O4S/c1-15-6-5-7-16(2)22(15)20-12-21(34-18-10-8-17(9-11-18)23(31)25-3)28-24(27-20)29-35(32,33)19-13-26-30(4)14-19/h5-14H,1-4H3,(H,25,31)(H,27,28,29). The average molecular weight is 493 g/mol. The Labute approximate surface area is 203 Å². The molecule has 0 saturated carbocycles. The first-order valence-electron chi connectivity index (χ1n) is 10.6. The van der Waals surface area contributed by atoms with Crippen molar-refractivity contribution < 1.29 is 17.9 Å². The number of rotatable bonds is 7. The molecule has 0 aliphatic heterocycles. The van der Waals surface area contributed by atoms with Gasteiger partial charge in [-0.3, -0.25) is 9.48 Å². The summed E-state index contributed by atoms with van der Waals surface area (Å²) >= 11 is 0. The van der Waals surface area contributed by atoms with Crippen LogP contribution in [-0.4, -0.2) is 41.1 Å². The van der Waals surface area contributed by atoms with Gasteiger partial charge in [0.2, 0.25) is 11.8 Å². The summed E-state index contributed by atoms with van der Waals surface area (Å²) in [5.41, 5.74) is 3.74. The monoisotopic (exact) mass is 492 g/mol. The molecule has 0 radical (unpaired) electrons. The SMILES string of the molecule is CNC(=O)c1ccc(Oc2cc(-c3c(C)cccc3C)nc(NS(=O)(=O)c3cnn(C)c3)n2)cc1. The molecule has 1 amide bonds. The molecule has 11 heteroatoms. The third-order valence-electron chi connectivity index (χ3n) is 5.22. The quantitative estimate of drug-likeness (QED) is 0.404. The van der Waals surface area contributed by atoms with E-state index in [0.717, 1.165) is 16.7 Å². The Bertz CT molecular complexity index is 1480. The number of hydrogen-bond donors (Lipinski definition) is 2. The van der Waals surface area contributed by atoms with Gasteiger partial charge in [0.25, 0.3) is 15.9 Å². The van der Waals surface area contributed by atoms with Crippen molar-refractivity contribution in [1.29, 1.82) is 0 Å². The van der Waals surface area contributed by atoms with Crippen LogP contribution < -0.4 is 14.8 Å². The summed E-state index contributed by atoms with van der Waals surface area (Å²) in [5, 5.41) is 6.47. The highest BCUT2D eigenvalue weighted by Gasteiger charge is 2.20. The molecule has 0 atom stereocenters. The second kappa shape index (κ2) is 9.55. The third kappa shape index (κ3) is 5.30. The maximum Gasteiger partial charge on any atom is 0.267 e. The van der Waals surface area contributed by atoms with Crippen LogP contribution in [0.15, 0.2) is 65.8 Å².